The first-order chi connectivity index (χ1) is 12.7. The zero-order chi connectivity index (χ0) is 17.9. The molecule has 0 bridgehead atoms. The number of carbonyl (C=O) groups excluding carboxylic acids is 1. The summed E-state index contributed by atoms with van der Waals surface area (Å²) in [5.74, 6) is -0.0410. The number of fused-ring (bicyclic) bond motifs is 1. The quantitative estimate of drug-likeness (QED) is 0.519. The van der Waals surface area contributed by atoms with E-state index >= 15 is 0 Å². The van der Waals surface area contributed by atoms with E-state index in [1.54, 1.807) is 11.3 Å². The van der Waals surface area contributed by atoms with Crippen molar-refractivity contribution in [1.29, 1.82) is 0 Å². The summed E-state index contributed by atoms with van der Waals surface area (Å²) in [6.07, 6.45) is 0. The molecule has 1 N–H and O–H groups in total. The van der Waals surface area contributed by atoms with Crippen LogP contribution < -0.4 is 5.32 Å². The van der Waals surface area contributed by atoms with E-state index in [2.05, 4.69) is 33.5 Å². The van der Waals surface area contributed by atoms with Crippen LogP contribution in [0, 0.1) is 0 Å². The minimum absolute atomic E-state index is 0.0400. The van der Waals surface area contributed by atoms with E-state index in [4.69, 9.17) is 0 Å². The molecule has 0 spiro atoms. The van der Waals surface area contributed by atoms with Gasteiger partial charge in [0.05, 0.1) is 16.3 Å². The number of benzene rings is 2. The maximum atomic E-state index is 13.0. The van der Waals surface area contributed by atoms with Gasteiger partial charge in [0.2, 0.25) is 0 Å². The van der Waals surface area contributed by atoms with Gasteiger partial charge in [-0.2, -0.15) is 0 Å². The molecule has 0 aliphatic heterocycles. The Balaban J connectivity index is 1.64. The summed E-state index contributed by atoms with van der Waals surface area (Å²) in [7, 11) is 0. The molecule has 26 heavy (non-hydrogen) atoms. The van der Waals surface area contributed by atoms with Crippen molar-refractivity contribution < 1.29 is 4.79 Å². The SMILES string of the molecule is C[C@H](NC(=O)c1cc2sccc2n1Cc1ccccc1)c1ccccc1. The predicted octanol–water partition coefficient (Wildman–Crippen LogP) is 5.24. The summed E-state index contributed by atoms with van der Waals surface area (Å²) in [5.41, 5.74) is 4.10. The molecule has 0 aliphatic carbocycles. The molecule has 4 aromatic rings. The lowest BCUT2D eigenvalue weighted by Crippen LogP contribution is -2.28. The van der Waals surface area contributed by atoms with Crippen molar-refractivity contribution in [2.75, 3.05) is 0 Å². The molecule has 0 radical (unpaired) electrons. The Hall–Kier alpha value is -2.85. The van der Waals surface area contributed by atoms with Crippen molar-refractivity contribution in [1.82, 2.24) is 9.88 Å². The Bertz CT molecular complexity index is 1020. The van der Waals surface area contributed by atoms with Crippen molar-refractivity contribution in [3.63, 3.8) is 0 Å². The average molecular weight is 360 g/mol. The number of hydrogen-bond acceptors (Lipinski definition) is 2. The van der Waals surface area contributed by atoms with E-state index in [-0.39, 0.29) is 11.9 Å². The average Bonchev–Trinajstić information content (AvgIpc) is 3.26. The van der Waals surface area contributed by atoms with Crippen molar-refractivity contribution in [3.8, 4) is 0 Å². The summed E-state index contributed by atoms with van der Waals surface area (Å²) in [6.45, 7) is 2.70. The Kier molecular flexibility index (Phi) is 4.59. The number of carbonyl (C=O) groups is 1. The van der Waals surface area contributed by atoms with Crippen molar-refractivity contribution >= 4 is 27.5 Å². The van der Waals surface area contributed by atoms with E-state index in [0.29, 0.717) is 12.2 Å². The highest BCUT2D eigenvalue weighted by Crippen LogP contribution is 2.27. The first-order valence-corrected chi connectivity index (χ1v) is 9.57. The molecule has 1 atom stereocenters. The Morgan fingerprint density at radius 1 is 1.04 bits per heavy atom. The molecule has 0 unspecified atom stereocenters. The maximum absolute atomic E-state index is 13.0. The maximum Gasteiger partial charge on any atom is 0.268 e. The molecule has 2 aromatic heterocycles. The van der Waals surface area contributed by atoms with E-state index in [0.717, 1.165) is 15.8 Å². The van der Waals surface area contributed by atoms with Crippen LogP contribution in [-0.4, -0.2) is 10.5 Å². The number of thiophene rings is 1. The standard InChI is InChI=1S/C22H20N2OS/c1-16(18-10-6-3-7-11-18)23-22(25)20-14-21-19(12-13-26-21)24(20)15-17-8-4-2-5-9-17/h2-14,16H,15H2,1H3,(H,23,25)/t16-/m0/s1. The molecule has 2 aromatic carbocycles. The highest BCUT2D eigenvalue weighted by atomic mass is 32.1. The van der Waals surface area contributed by atoms with Gasteiger partial charge in [0.1, 0.15) is 5.69 Å². The molecule has 0 fully saturated rings. The van der Waals surface area contributed by atoms with Gasteiger partial charge in [-0.15, -0.1) is 11.3 Å². The second-order valence-corrected chi connectivity index (χ2v) is 7.32. The Morgan fingerprint density at radius 2 is 1.73 bits per heavy atom. The molecule has 3 nitrogen and oxygen atoms in total. The van der Waals surface area contributed by atoms with Crippen LogP contribution in [-0.2, 0) is 6.54 Å². The molecular weight excluding hydrogens is 340 g/mol. The largest absolute Gasteiger partial charge is 0.344 e. The van der Waals surface area contributed by atoms with Crippen LogP contribution in [0.2, 0.25) is 0 Å². The molecule has 0 saturated carbocycles. The number of hydrogen-bond donors (Lipinski definition) is 1. The zero-order valence-corrected chi connectivity index (χ0v) is 15.4. The van der Waals surface area contributed by atoms with Crippen LogP contribution in [0.25, 0.3) is 10.2 Å². The van der Waals surface area contributed by atoms with Gasteiger partial charge in [-0.3, -0.25) is 4.79 Å². The first kappa shape index (κ1) is 16.6. The van der Waals surface area contributed by atoms with Gasteiger partial charge in [0, 0.05) is 6.54 Å². The molecule has 0 saturated heterocycles. The summed E-state index contributed by atoms with van der Waals surface area (Å²) >= 11 is 1.66. The van der Waals surface area contributed by atoms with Gasteiger partial charge >= 0.3 is 0 Å². The van der Waals surface area contributed by atoms with E-state index in [1.165, 1.54) is 5.56 Å². The fourth-order valence-corrected chi connectivity index (χ4v) is 4.02. The van der Waals surface area contributed by atoms with Gasteiger partial charge in [-0.1, -0.05) is 60.7 Å². The molecule has 1 amide bonds. The fraction of sp³-hybridized carbons (Fsp3) is 0.136. The van der Waals surface area contributed by atoms with Crippen molar-refractivity contribution in [2.45, 2.75) is 19.5 Å². The summed E-state index contributed by atoms with van der Waals surface area (Å²) < 4.78 is 3.24. The predicted molar refractivity (Wildman–Crippen MR) is 108 cm³/mol. The summed E-state index contributed by atoms with van der Waals surface area (Å²) in [5, 5.41) is 5.20. The number of nitrogens with zero attached hydrogens (tertiary/aromatic N) is 1. The lowest BCUT2D eigenvalue weighted by atomic mass is 10.1. The minimum Gasteiger partial charge on any atom is -0.344 e. The molecular formula is C22H20N2OS. The Labute approximate surface area is 156 Å². The van der Waals surface area contributed by atoms with Crippen molar-refractivity contribution in [2.24, 2.45) is 0 Å². The molecule has 4 rings (SSSR count). The highest BCUT2D eigenvalue weighted by molar-refractivity contribution is 7.17. The second-order valence-electron chi connectivity index (χ2n) is 6.38. The van der Waals surface area contributed by atoms with Crippen LogP contribution in [0.1, 0.15) is 34.6 Å². The van der Waals surface area contributed by atoms with Crippen LogP contribution >= 0.6 is 11.3 Å². The van der Waals surface area contributed by atoms with Crippen LogP contribution in [0.4, 0.5) is 0 Å². The third kappa shape index (κ3) is 3.28. The van der Waals surface area contributed by atoms with Crippen LogP contribution in [0.3, 0.4) is 0 Å². The summed E-state index contributed by atoms with van der Waals surface area (Å²) in [6, 6.07) is 24.3. The smallest absolute Gasteiger partial charge is 0.268 e. The number of nitrogens with one attached hydrogen (secondary N) is 1. The van der Waals surface area contributed by atoms with Gasteiger partial charge in [0.15, 0.2) is 0 Å². The van der Waals surface area contributed by atoms with Crippen LogP contribution in [0.15, 0.2) is 78.2 Å². The third-order valence-electron chi connectivity index (χ3n) is 4.59. The molecule has 4 heteroatoms. The lowest BCUT2D eigenvalue weighted by molar-refractivity contribution is 0.0931. The van der Waals surface area contributed by atoms with Crippen LogP contribution in [0.5, 0.6) is 0 Å². The number of rotatable bonds is 5. The molecule has 2 heterocycles. The molecule has 0 aliphatic rings. The van der Waals surface area contributed by atoms with E-state index < -0.39 is 0 Å². The zero-order valence-electron chi connectivity index (χ0n) is 14.6. The van der Waals surface area contributed by atoms with E-state index in [9.17, 15) is 4.79 Å². The summed E-state index contributed by atoms with van der Waals surface area (Å²) in [4.78, 5) is 13.0. The van der Waals surface area contributed by atoms with Crippen molar-refractivity contribution in [3.05, 3.63) is 95.0 Å². The molecule has 130 valence electrons. The minimum atomic E-state index is -0.0410. The van der Waals surface area contributed by atoms with E-state index in [1.807, 2.05) is 61.5 Å². The third-order valence-corrected chi connectivity index (χ3v) is 5.44. The normalized spacial score (nSPS) is 12.2. The Morgan fingerprint density at radius 3 is 2.46 bits per heavy atom. The number of aromatic nitrogens is 1. The second kappa shape index (κ2) is 7.18. The fourth-order valence-electron chi connectivity index (χ4n) is 3.20. The van der Waals surface area contributed by atoms with Gasteiger partial charge in [-0.25, -0.2) is 0 Å². The van der Waals surface area contributed by atoms with Gasteiger partial charge in [-0.05, 0) is 35.6 Å². The van der Waals surface area contributed by atoms with Gasteiger partial charge < -0.3 is 9.88 Å². The first-order valence-electron chi connectivity index (χ1n) is 8.69. The lowest BCUT2D eigenvalue weighted by Gasteiger charge is -2.16. The number of amides is 1. The highest BCUT2D eigenvalue weighted by Gasteiger charge is 2.18. The monoisotopic (exact) mass is 360 g/mol. The topological polar surface area (TPSA) is 34.0 Å². The van der Waals surface area contributed by atoms with Gasteiger partial charge in [0.25, 0.3) is 5.91 Å².